The SMILES string of the molecule is CC(Cn1ncc2ccc3oc(C(=O)O)cc3c21)NC(=O)OCc1ccccc1. The van der Waals surface area contributed by atoms with Gasteiger partial charge >= 0.3 is 12.1 Å². The van der Waals surface area contributed by atoms with Gasteiger partial charge in [0.2, 0.25) is 5.76 Å². The van der Waals surface area contributed by atoms with Crippen LogP contribution in [0.25, 0.3) is 21.9 Å². The zero-order chi connectivity index (χ0) is 20.4. The van der Waals surface area contributed by atoms with Crippen LogP contribution in [0.15, 0.2) is 59.1 Å². The number of nitrogens with one attached hydrogen (secondary N) is 1. The Morgan fingerprint density at radius 3 is 2.79 bits per heavy atom. The highest BCUT2D eigenvalue weighted by Crippen LogP contribution is 2.28. The molecule has 29 heavy (non-hydrogen) atoms. The van der Waals surface area contributed by atoms with E-state index in [1.807, 2.05) is 43.3 Å². The van der Waals surface area contributed by atoms with Gasteiger partial charge in [-0.25, -0.2) is 9.59 Å². The molecule has 148 valence electrons. The quantitative estimate of drug-likeness (QED) is 0.516. The smallest absolute Gasteiger partial charge is 0.407 e. The summed E-state index contributed by atoms with van der Waals surface area (Å²) in [4.78, 5) is 23.3. The first kappa shape index (κ1) is 18.5. The Kier molecular flexibility index (Phi) is 4.90. The topological polar surface area (TPSA) is 107 Å². The van der Waals surface area contributed by atoms with Crippen molar-refractivity contribution >= 4 is 33.9 Å². The molecule has 0 radical (unpaired) electrons. The third-order valence-electron chi connectivity index (χ3n) is 4.53. The zero-order valence-corrected chi connectivity index (χ0v) is 15.7. The summed E-state index contributed by atoms with van der Waals surface area (Å²) in [5, 5.41) is 17.9. The van der Waals surface area contributed by atoms with Gasteiger partial charge in [-0.3, -0.25) is 4.68 Å². The van der Waals surface area contributed by atoms with Gasteiger partial charge < -0.3 is 19.6 Å². The second-order valence-electron chi connectivity index (χ2n) is 6.76. The largest absolute Gasteiger partial charge is 0.475 e. The minimum absolute atomic E-state index is 0.129. The lowest BCUT2D eigenvalue weighted by Gasteiger charge is -2.15. The van der Waals surface area contributed by atoms with E-state index in [0.717, 1.165) is 16.5 Å². The zero-order valence-electron chi connectivity index (χ0n) is 15.7. The predicted molar refractivity (Wildman–Crippen MR) is 106 cm³/mol. The highest BCUT2D eigenvalue weighted by Gasteiger charge is 2.17. The number of amides is 1. The average Bonchev–Trinajstić information content (AvgIpc) is 3.31. The molecule has 2 heterocycles. The van der Waals surface area contributed by atoms with E-state index in [4.69, 9.17) is 9.15 Å². The summed E-state index contributed by atoms with van der Waals surface area (Å²) < 4.78 is 12.3. The number of carboxylic acids is 1. The van der Waals surface area contributed by atoms with Crippen molar-refractivity contribution in [3.05, 3.63) is 66.1 Å². The standard InChI is InChI=1S/C21H19N3O5/c1-13(23-21(27)28-12-14-5-3-2-4-6-14)11-24-19-15(10-22-24)7-8-17-16(19)9-18(29-17)20(25)26/h2-10,13H,11-12H2,1H3,(H,23,27)(H,25,26). The number of fused-ring (bicyclic) bond motifs is 3. The van der Waals surface area contributed by atoms with Crippen molar-refractivity contribution in [1.29, 1.82) is 0 Å². The summed E-state index contributed by atoms with van der Waals surface area (Å²) in [6, 6.07) is 14.2. The van der Waals surface area contributed by atoms with Crippen molar-refractivity contribution in [2.45, 2.75) is 26.1 Å². The molecule has 2 aromatic heterocycles. The maximum absolute atomic E-state index is 12.1. The number of hydrogen-bond acceptors (Lipinski definition) is 5. The summed E-state index contributed by atoms with van der Waals surface area (Å²) in [7, 11) is 0. The Hall–Kier alpha value is -3.81. The molecule has 1 unspecified atom stereocenters. The van der Waals surface area contributed by atoms with E-state index in [0.29, 0.717) is 17.5 Å². The van der Waals surface area contributed by atoms with Crippen LogP contribution in [0.5, 0.6) is 0 Å². The number of benzene rings is 2. The Bertz CT molecular complexity index is 1180. The molecule has 1 atom stereocenters. The third-order valence-corrected chi connectivity index (χ3v) is 4.53. The van der Waals surface area contributed by atoms with Crippen LogP contribution < -0.4 is 5.32 Å². The van der Waals surface area contributed by atoms with Crippen LogP contribution in [0, 0.1) is 0 Å². The van der Waals surface area contributed by atoms with E-state index < -0.39 is 12.1 Å². The lowest BCUT2D eigenvalue weighted by Crippen LogP contribution is -2.36. The minimum Gasteiger partial charge on any atom is -0.475 e. The van der Waals surface area contributed by atoms with Crippen LogP contribution in [-0.4, -0.2) is 33.0 Å². The number of ether oxygens (including phenoxy) is 1. The number of carbonyl (C=O) groups excluding carboxylic acids is 1. The molecule has 0 aliphatic rings. The molecule has 2 N–H and O–H groups in total. The van der Waals surface area contributed by atoms with E-state index in [1.165, 1.54) is 6.07 Å². The van der Waals surface area contributed by atoms with Crippen molar-refractivity contribution in [1.82, 2.24) is 15.1 Å². The highest BCUT2D eigenvalue weighted by atomic mass is 16.5. The van der Waals surface area contributed by atoms with E-state index in [9.17, 15) is 14.7 Å². The fourth-order valence-electron chi connectivity index (χ4n) is 3.21. The van der Waals surface area contributed by atoms with Crippen LogP contribution in [0.2, 0.25) is 0 Å². The van der Waals surface area contributed by atoms with Crippen molar-refractivity contribution in [3.8, 4) is 0 Å². The van der Waals surface area contributed by atoms with Crippen LogP contribution in [0.4, 0.5) is 4.79 Å². The minimum atomic E-state index is -1.13. The summed E-state index contributed by atoms with van der Waals surface area (Å²) in [6.07, 6.45) is 1.18. The Morgan fingerprint density at radius 2 is 2.03 bits per heavy atom. The molecule has 1 amide bonds. The van der Waals surface area contributed by atoms with Gasteiger partial charge in [-0.15, -0.1) is 0 Å². The number of aromatic carboxylic acids is 1. The van der Waals surface area contributed by atoms with Gasteiger partial charge in [-0.2, -0.15) is 5.10 Å². The Labute approximate surface area is 165 Å². The molecule has 4 rings (SSSR count). The van der Waals surface area contributed by atoms with Gasteiger partial charge in [0.25, 0.3) is 0 Å². The van der Waals surface area contributed by atoms with Gasteiger partial charge in [0.15, 0.2) is 0 Å². The molecular formula is C21H19N3O5. The molecule has 0 saturated heterocycles. The second-order valence-corrected chi connectivity index (χ2v) is 6.76. The van der Waals surface area contributed by atoms with Crippen molar-refractivity contribution < 1.29 is 23.8 Å². The number of hydrogen-bond donors (Lipinski definition) is 2. The van der Waals surface area contributed by atoms with Gasteiger partial charge in [-0.05, 0) is 24.6 Å². The average molecular weight is 393 g/mol. The predicted octanol–water partition coefficient (Wildman–Crippen LogP) is 3.80. The van der Waals surface area contributed by atoms with Gasteiger partial charge in [-0.1, -0.05) is 30.3 Å². The first-order chi connectivity index (χ1) is 14.0. The van der Waals surface area contributed by atoms with Gasteiger partial charge in [0, 0.05) is 22.9 Å². The number of rotatable bonds is 6. The van der Waals surface area contributed by atoms with Crippen LogP contribution in [-0.2, 0) is 17.9 Å². The Morgan fingerprint density at radius 1 is 1.24 bits per heavy atom. The molecular weight excluding hydrogens is 374 g/mol. The lowest BCUT2D eigenvalue weighted by molar-refractivity contribution is 0.0665. The number of carboxylic acid groups (broad SMARTS) is 1. The molecule has 0 aliphatic heterocycles. The molecule has 0 fully saturated rings. The molecule has 8 nitrogen and oxygen atoms in total. The van der Waals surface area contributed by atoms with Crippen LogP contribution >= 0.6 is 0 Å². The van der Waals surface area contributed by atoms with Crippen LogP contribution in [0.1, 0.15) is 23.0 Å². The Balaban J connectivity index is 1.47. The van der Waals surface area contributed by atoms with Crippen molar-refractivity contribution in [3.63, 3.8) is 0 Å². The van der Waals surface area contributed by atoms with Crippen molar-refractivity contribution in [2.24, 2.45) is 0 Å². The first-order valence-electron chi connectivity index (χ1n) is 9.10. The molecule has 0 aliphatic carbocycles. The van der Waals surface area contributed by atoms with Crippen LogP contribution in [0.3, 0.4) is 0 Å². The second kappa shape index (κ2) is 7.67. The van der Waals surface area contributed by atoms with E-state index in [2.05, 4.69) is 10.4 Å². The van der Waals surface area contributed by atoms with E-state index in [1.54, 1.807) is 16.9 Å². The summed E-state index contributed by atoms with van der Waals surface area (Å²) in [5.41, 5.74) is 2.13. The molecule has 8 heteroatoms. The van der Waals surface area contributed by atoms with Gasteiger partial charge in [0.05, 0.1) is 18.3 Å². The molecule has 2 aromatic carbocycles. The molecule has 0 saturated carbocycles. The van der Waals surface area contributed by atoms with Crippen molar-refractivity contribution in [2.75, 3.05) is 0 Å². The van der Waals surface area contributed by atoms with E-state index in [-0.39, 0.29) is 18.4 Å². The lowest BCUT2D eigenvalue weighted by atomic mass is 10.2. The fourth-order valence-corrected chi connectivity index (χ4v) is 3.21. The summed E-state index contributed by atoms with van der Waals surface area (Å²) in [5.74, 6) is -1.26. The van der Waals surface area contributed by atoms with Gasteiger partial charge in [0.1, 0.15) is 12.2 Å². The molecule has 0 bridgehead atoms. The van der Waals surface area contributed by atoms with E-state index >= 15 is 0 Å². The summed E-state index contributed by atoms with van der Waals surface area (Å²) >= 11 is 0. The number of carbonyl (C=O) groups is 2. The number of aromatic nitrogens is 2. The molecule has 4 aromatic rings. The third kappa shape index (κ3) is 3.91. The maximum Gasteiger partial charge on any atom is 0.407 e. The number of nitrogens with zero attached hydrogens (tertiary/aromatic N) is 2. The fraction of sp³-hybridized carbons (Fsp3) is 0.190. The maximum atomic E-state index is 12.1. The first-order valence-corrected chi connectivity index (χ1v) is 9.10. The highest BCUT2D eigenvalue weighted by molar-refractivity contribution is 6.06. The monoisotopic (exact) mass is 393 g/mol. The number of alkyl carbamates (subject to hydrolysis) is 1. The molecule has 0 spiro atoms. The normalized spacial score (nSPS) is 12.2. The summed E-state index contributed by atoms with van der Waals surface area (Å²) in [6.45, 7) is 2.42. The number of furan rings is 1.